The molecule has 0 bridgehead atoms. The van der Waals surface area contributed by atoms with E-state index in [0.717, 1.165) is 10.8 Å². The van der Waals surface area contributed by atoms with Gasteiger partial charge in [0.05, 0.1) is 23.1 Å². The van der Waals surface area contributed by atoms with E-state index in [1.165, 1.54) is 24.3 Å². The van der Waals surface area contributed by atoms with Crippen molar-refractivity contribution >= 4 is 32.6 Å². The van der Waals surface area contributed by atoms with Crippen LogP contribution in [0.4, 0.5) is 0 Å². The van der Waals surface area contributed by atoms with E-state index in [1.54, 1.807) is 15.9 Å². The van der Waals surface area contributed by atoms with Crippen LogP contribution in [0.5, 0.6) is 5.75 Å². The molecule has 3 aromatic rings. The van der Waals surface area contributed by atoms with E-state index in [4.69, 9.17) is 9.88 Å². The molecule has 39 heavy (non-hydrogen) atoms. The smallest absolute Gasteiger partial charge is 0.254 e. The van der Waals surface area contributed by atoms with Crippen molar-refractivity contribution in [2.24, 2.45) is 22.9 Å². The summed E-state index contributed by atoms with van der Waals surface area (Å²) >= 11 is 0. The van der Waals surface area contributed by atoms with Gasteiger partial charge in [0.25, 0.3) is 11.8 Å². The average molecular weight is 550 g/mol. The number of fused-ring (bicyclic) bond motifs is 5. The molecule has 2 saturated heterocycles. The molecule has 2 heterocycles. The van der Waals surface area contributed by atoms with Crippen molar-refractivity contribution in [3.63, 3.8) is 0 Å². The Morgan fingerprint density at radius 1 is 0.949 bits per heavy atom. The minimum atomic E-state index is -3.84. The quantitative estimate of drug-likeness (QED) is 0.503. The molecule has 0 aromatic heterocycles. The summed E-state index contributed by atoms with van der Waals surface area (Å²) in [6, 6.07) is 17.0. The van der Waals surface area contributed by atoms with Gasteiger partial charge in [0, 0.05) is 48.0 Å². The summed E-state index contributed by atoms with van der Waals surface area (Å²) < 4.78 is 29.0. The van der Waals surface area contributed by atoms with E-state index in [2.05, 4.69) is 0 Å². The van der Waals surface area contributed by atoms with Crippen LogP contribution in [0.15, 0.2) is 65.6 Å². The summed E-state index contributed by atoms with van der Waals surface area (Å²) in [4.78, 5) is 30.1. The molecule has 2 unspecified atom stereocenters. The number of aliphatic hydroxyl groups is 1. The van der Waals surface area contributed by atoms with Crippen molar-refractivity contribution in [3.05, 3.63) is 71.8 Å². The van der Waals surface area contributed by atoms with Crippen molar-refractivity contribution in [1.82, 2.24) is 9.80 Å². The summed E-state index contributed by atoms with van der Waals surface area (Å²) in [6.45, 7) is 5.41. The molecular formula is C29H31N3O6S. The highest BCUT2D eigenvalue weighted by Crippen LogP contribution is 2.57. The van der Waals surface area contributed by atoms with Crippen LogP contribution >= 0.6 is 0 Å². The molecule has 4 atom stereocenters. The van der Waals surface area contributed by atoms with Crippen molar-refractivity contribution in [2.45, 2.75) is 30.4 Å². The van der Waals surface area contributed by atoms with Gasteiger partial charge >= 0.3 is 0 Å². The number of sulfonamides is 1. The number of carbonyl (C=O) groups excluding carboxylic acids is 2. The number of rotatable bonds is 5. The Hall–Kier alpha value is -3.47. The Kier molecular flexibility index (Phi) is 5.98. The number of ether oxygens (including phenoxy) is 1. The summed E-state index contributed by atoms with van der Waals surface area (Å²) in [5.41, 5.74) is -0.145. The van der Waals surface area contributed by atoms with Gasteiger partial charge in [-0.3, -0.25) is 9.59 Å². The first-order valence-electron chi connectivity index (χ1n) is 13.1. The van der Waals surface area contributed by atoms with Crippen LogP contribution in [-0.2, 0) is 10.0 Å². The minimum absolute atomic E-state index is 0.0428. The lowest BCUT2D eigenvalue weighted by Crippen LogP contribution is -2.61. The van der Waals surface area contributed by atoms with Gasteiger partial charge < -0.3 is 19.6 Å². The molecule has 2 amide bonds. The number of primary sulfonamides is 1. The molecule has 6 rings (SSSR count). The van der Waals surface area contributed by atoms with E-state index in [9.17, 15) is 23.1 Å². The molecule has 3 aliphatic rings. The molecule has 2 aliphatic heterocycles. The maximum Gasteiger partial charge on any atom is 0.254 e. The Labute approximate surface area is 227 Å². The highest BCUT2D eigenvalue weighted by Gasteiger charge is 2.68. The van der Waals surface area contributed by atoms with Crippen LogP contribution in [0.3, 0.4) is 0 Å². The van der Waals surface area contributed by atoms with E-state index >= 15 is 0 Å². The van der Waals surface area contributed by atoms with Gasteiger partial charge in [-0.25, -0.2) is 13.6 Å². The summed E-state index contributed by atoms with van der Waals surface area (Å²) in [5.74, 6) is 0.171. The first kappa shape index (κ1) is 25.8. The van der Waals surface area contributed by atoms with E-state index < -0.39 is 15.6 Å². The third-order valence-electron chi connectivity index (χ3n) is 8.47. The molecule has 1 saturated carbocycles. The number of amides is 2. The maximum absolute atomic E-state index is 13.6. The van der Waals surface area contributed by atoms with Gasteiger partial charge in [-0.05, 0) is 61.5 Å². The third kappa shape index (κ3) is 4.27. The van der Waals surface area contributed by atoms with Crippen LogP contribution < -0.4 is 9.88 Å². The molecular weight excluding hydrogens is 518 g/mol. The van der Waals surface area contributed by atoms with Gasteiger partial charge in [-0.15, -0.1) is 0 Å². The van der Waals surface area contributed by atoms with Gasteiger partial charge in [0.1, 0.15) is 5.75 Å². The first-order chi connectivity index (χ1) is 18.5. The Balaban J connectivity index is 1.17. The second kappa shape index (κ2) is 9.04. The lowest BCUT2D eigenvalue weighted by Gasteiger charge is -2.50. The van der Waals surface area contributed by atoms with Gasteiger partial charge in [0.2, 0.25) is 10.0 Å². The standard InChI is InChI=1S/C29H31N3O6S/c1-17(2)38-26-12-20(11-19-5-3-4-6-22(19)26)28(34)32-15-25-23-13-31(14-24(23)29(25,35)16-32)27(33)18-7-9-21(10-8-18)39(30,36)37/h3-12,17,23-25,35H,13-16H2,1-2H3,(H2,30,36,37)/t23-,24+,25?,29?/m0/s1. The summed E-state index contributed by atoms with van der Waals surface area (Å²) in [7, 11) is -3.84. The second-order valence-electron chi connectivity index (χ2n) is 11.2. The normalized spacial score (nSPS) is 25.9. The predicted molar refractivity (Wildman–Crippen MR) is 145 cm³/mol. The van der Waals surface area contributed by atoms with Crippen LogP contribution in [0.1, 0.15) is 34.6 Å². The zero-order valence-corrected chi connectivity index (χ0v) is 22.6. The number of benzene rings is 3. The predicted octanol–water partition coefficient (Wildman–Crippen LogP) is 2.48. The Bertz CT molecular complexity index is 1590. The van der Waals surface area contributed by atoms with Gasteiger partial charge in [-0.1, -0.05) is 24.3 Å². The average Bonchev–Trinajstić information content (AvgIpc) is 3.45. The van der Waals surface area contributed by atoms with Crippen molar-refractivity contribution in [2.75, 3.05) is 26.2 Å². The molecule has 3 aromatic carbocycles. The van der Waals surface area contributed by atoms with E-state index in [1.807, 2.05) is 44.2 Å². The summed E-state index contributed by atoms with van der Waals surface area (Å²) in [6.07, 6.45) is -0.0428. The zero-order valence-electron chi connectivity index (χ0n) is 21.8. The van der Waals surface area contributed by atoms with Crippen LogP contribution in [0, 0.1) is 17.8 Å². The number of hydrogen-bond donors (Lipinski definition) is 2. The number of carbonyl (C=O) groups is 2. The SMILES string of the molecule is CC(C)Oc1cc(C(=O)N2CC3[C@H]4CN(C(=O)c5ccc(S(N)(=O)=O)cc5)C[C@H]4C3(O)C2)cc2ccccc12. The molecule has 204 valence electrons. The molecule has 3 N–H and O–H groups in total. The number of nitrogens with two attached hydrogens (primary N) is 1. The molecule has 10 heteroatoms. The van der Waals surface area contributed by atoms with Gasteiger partial charge in [-0.2, -0.15) is 0 Å². The Morgan fingerprint density at radius 2 is 1.59 bits per heavy atom. The highest BCUT2D eigenvalue weighted by atomic mass is 32.2. The first-order valence-corrected chi connectivity index (χ1v) is 14.6. The molecule has 0 radical (unpaired) electrons. The summed E-state index contributed by atoms with van der Waals surface area (Å²) in [5, 5.41) is 18.6. The highest BCUT2D eigenvalue weighted by molar-refractivity contribution is 7.89. The number of nitrogens with zero attached hydrogens (tertiary/aromatic N) is 2. The third-order valence-corrected chi connectivity index (χ3v) is 9.39. The van der Waals surface area contributed by atoms with Crippen molar-refractivity contribution in [1.29, 1.82) is 0 Å². The maximum atomic E-state index is 13.6. The fraction of sp³-hybridized carbons (Fsp3) is 0.379. The lowest BCUT2D eigenvalue weighted by atomic mass is 9.56. The number of β-amino-alcohol motifs (C(OH)–C–C–N with tert-alkyl or cyclic N) is 1. The van der Waals surface area contributed by atoms with Crippen LogP contribution in [-0.4, -0.2) is 73.0 Å². The monoisotopic (exact) mass is 549 g/mol. The molecule has 3 fully saturated rings. The van der Waals surface area contributed by atoms with Crippen LogP contribution in [0.2, 0.25) is 0 Å². The second-order valence-corrected chi connectivity index (χ2v) is 12.8. The Morgan fingerprint density at radius 3 is 2.26 bits per heavy atom. The molecule has 1 aliphatic carbocycles. The lowest BCUT2D eigenvalue weighted by molar-refractivity contribution is -0.145. The number of hydrogen-bond acceptors (Lipinski definition) is 6. The largest absolute Gasteiger partial charge is 0.490 e. The van der Waals surface area contributed by atoms with Gasteiger partial charge in [0.15, 0.2) is 0 Å². The fourth-order valence-electron chi connectivity index (χ4n) is 6.65. The fourth-order valence-corrected chi connectivity index (χ4v) is 7.17. The minimum Gasteiger partial charge on any atom is -0.490 e. The topological polar surface area (TPSA) is 130 Å². The van der Waals surface area contributed by atoms with E-state index in [0.29, 0.717) is 36.5 Å². The van der Waals surface area contributed by atoms with E-state index in [-0.39, 0.29) is 47.1 Å². The van der Waals surface area contributed by atoms with Crippen molar-refractivity contribution < 1.29 is 27.9 Å². The van der Waals surface area contributed by atoms with Crippen LogP contribution in [0.25, 0.3) is 10.8 Å². The number of likely N-dealkylation sites (tertiary alicyclic amines) is 2. The molecule has 0 spiro atoms. The van der Waals surface area contributed by atoms with Crippen molar-refractivity contribution in [3.8, 4) is 5.75 Å². The molecule has 9 nitrogen and oxygen atoms in total. The zero-order chi connectivity index (χ0) is 27.7.